The Hall–Kier alpha value is -1.66. The van der Waals surface area contributed by atoms with Gasteiger partial charge in [0, 0.05) is 30.5 Å². The van der Waals surface area contributed by atoms with Crippen LogP contribution in [-0.2, 0) is 4.74 Å². The Morgan fingerprint density at radius 1 is 1.36 bits per heavy atom. The van der Waals surface area contributed by atoms with Crippen LogP contribution in [0.25, 0.3) is 0 Å². The molecule has 1 aliphatic heterocycles. The van der Waals surface area contributed by atoms with Gasteiger partial charge in [0.1, 0.15) is 5.82 Å². The van der Waals surface area contributed by atoms with Crippen molar-refractivity contribution < 1.29 is 13.9 Å². The van der Waals surface area contributed by atoms with E-state index in [1.807, 2.05) is 19.0 Å². The highest BCUT2D eigenvalue weighted by atomic mass is 19.1. The lowest BCUT2D eigenvalue weighted by Gasteiger charge is -2.54. The van der Waals surface area contributed by atoms with E-state index in [1.54, 1.807) is 12.1 Å². The monoisotopic (exact) mass is 349 g/mol. The third-order valence-corrected chi connectivity index (χ3v) is 5.72. The summed E-state index contributed by atoms with van der Waals surface area (Å²) in [5.74, 6) is 0.162. The van der Waals surface area contributed by atoms with E-state index >= 15 is 0 Å². The topological polar surface area (TPSA) is 53.6 Å². The largest absolute Gasteiger partial charge is 0.377 e. The van der Waals surface area contributed by atoms with Crippen molar-refractivity contribution in [2.75, 3.05) is 27.2 Å². The lowest BCUT2D eigenvalue weighted by atomic mass is 9.57. The number of likely N-dealkylation sites (N-methyl/N-ethyl adjacent to an activating group) is 1. The fourth-order valence-electron chi connectivity index (χ4n) is 4.28. The summed E-state index contributed by atoms with van der Waals surface area (Å²) >= 11 is 0. The average molecular weight is 349 g/mol. The minimum absolute atomic E-state index is 0.0108. The number of benzene rings is 1. The van der Waals surface area contributed by atoms with E-state index in [0.29, 0.717) is 12.5 Å². The molecular formula is C19H28FN3O2. The van der Waals surface area contributed by atoms with Gasteiger partial charge in [0.25, 0.3) is 0 Å². The molecule has 1 heterocycles. The number of halogens is 1. The number of nitrogens with one attached hydrogen (secondary N) is 2. The SMILES string of the molecule is CN(C)[C@H](CNC(=O)N[C@@H]1[C@H]2CCO[C@H]2C1(C)C)c1ccc(F)cc1. The van der Waals surface area contributed by atoms with Crippen molar-refractivity contribution in [1.29, 1.82) is 0 Å². The molecule has 2 N–H and O–H groups in total. The molecule has 1 aromatic rings. The van der Waals surface area contributed by atoms with Gasteiger partial charge in [-0.15, -0.1) is 0 Å². The molecule has 2 aliphatic rings. The first-order valence-electron chi connectivity index (χ1n) is 8.88. The third kappa shape index (κ3) is 3.51. The normalized spacial score (nSPS) is 28.2. The van der Waals surface area contributed by atoms with Crippen molar-refractivity contribution in [2.45, 2.75) is 38.5 Å². The van der Waals surface area contributed by atoms with Crippen LogP contribution in [0.5, 0.6) is 0 Å². The zero-order valence-electron chi connectivity index (χ0n) is 15.4. The smallest absolute Gasteiger partial charge is 0.315 e. The van der Waals surface area contributed by atoms with Crippen LogP contribution >= 0.6 is 0 Å². The Balaban J connectivity index is 1.56. The van der Waals surface area contributed by atoms with Crippen LogP contribution in [0.4, 0.5) is 9.18 Å². The van der Waals surface area contributed by atoms with Gasteiger partial charge < -0.3 is 20.3 Å². The molecule has 0 bridgehead atoms. The first-order chi connectivity index (χ1) is 11.8. The first-order valence-corrected chi connectivity index (χ1v) is 8.88. The van der Waals surface area contributed by atoms with E-state index in [2.05, 4.69) is 24.5 Å². The molecule has 138 valence electrons. The molecule has 0 spiro atoms. The third-order valence-electron chi connectivity index (χ3n) is 5.72. The highest BCUT2D eigenvalue weighted by Gasteiger charge is 2.59. The maximum Gasteiger partial charge on any atom is 0.315 e. The van der Waals surface area contributed by atoms with Crippen LogP contribution in [0.2, 0.25) is 0 Å². The van der Waals surface area contributed by atoms with Crippen LogP contribution in [0, 0.1) is 17.2 Å². The van der Waals surface area contributed by atoms with Gasteiger partial charge in [-0.2, -0.15) is 0 Å². The van der Waals surface area contributed by atoms with Crippen molar-refractivity contribution in [3.63, 3.8) is 0 Å². The predicted octanol–water partition coefficient (Wildman–Crippen LogP) is 2.54. The molecule has 0 unspecified atom stereocenters. The summed E-state index contributed by atoms with van der Waals surface area (Å²) < 4.78 is 18.9. The molecule has 1 aliphatic carbocycles. The van der Waals surface area contributed by atoms with Crippen molar-refractivity contribution in [1.82, 2.24) is 15.5 Å². The molecule has 2 fully saturated rings. The molecule has 25 heavy (non-hydrogen) atoms. The van der Waals surface area contributed by atoms with Gasteiger partial charge >= 0.3 is 6.03 Å². The molecule has 6 heteroatoms. The van der Waals surface area contributed by atoms with Crippen molar-refractivity contribution in [3.8, 4) is 0 Å². The second-order valence-corrected chi connectivity index (χ2v) is 7.93. The highest BCUT2D eigenvalue weighted by Crippen LogP contribution is 2.52. The summed E-state index contributed by atoms with van der Waals surface area (Å²) in [6, 6.07) is 6.39. The minimum atomic E-state index is -0.257. The Morgan fingerprint density at radius 3 is 2.68 bits per heavy atom. The molecule has 1 saturated heterocycles. The van der Waals surface area contributed by atoms with E-state index in [1.165, 1.54) is 12.1 Å². The summed E-state index contributed by atoms with van der Waals surface area (Å²) in [4.78, 5) is 14.4. The second-order valence-electron chi connectivity index (χ2n) is 7.93. The number of fused-ring (bicyclic) bond motifs is 1. The zero-order chi connectivity index (χ0) is 18.2. The summed E-state index contributed by atoms with van der Waals surface area (Å²) in [6.45, 7) is 5.53. The molecular weight excluding hydrogens is 321 g/mol. The number of urea groups is 1. The van der Waals surface area contributed by atoms with E-state index < -0.39 is 0 Å². The van der Waals surface area contributed by atoms with Gasteiger partial charge in [-0.3, -0.25) is 0 Å². The van der Waals surface area contributed by atoms with Crippen LogP contribution in [0.3, 0.4) is 0 Å². The highest BCUT2D eigenvalue weighted by molar-refractivity contribution is 5.74. The van der Waals surface area contributed by atoms with Crippen molar-refractivity contribution in [3.05, 3.63) is 35.6 Å². The average Bonchev–Trinajstić information content (AvgIpc) is 3.01. The van der Waals surface area contributed by atoms with Crippen LogP contribution in [0.15, 0.2) is 24.3 Å². The van der Waals surface area contributed by atoms with Gasteiger partial charge in [0.15, 0.2) is 0 Å². The Kier molecular flexibility index (Phi) is 5.02. The number of hydrogen-bond donors (Lipinski definition) is 2. The second kappa shape index (κ2) is 6.92. The molecule has 1 aromatic carbocycles. The number of carbonyl (C=O) groups is 1. The van der Waals surface area contributed by atoms with Gasteiger partial charge in [0.2, 0.25) is 0 Å². The standard InChI is InChI=1S/C19H28FN3O2/c1-19(2)16(14-9-10-25-17(14)19)22-18(24)21-11-15(23(3)4)12-5-7-13(20)8-6-12/h5-8,14-17H,9-11H2,1-4H3,(H2,21,22,24)/t14-,15-,16-,17-/m1/s1. The number of rotatable bonds is 5. The lowest BCUT2D eigenvalue weighted by Crippen LogP contribution is -2.67. The number of ether oxygens (including phenoxy) is 1. The molecule has 0 radical (unpaired) electrons. The number of nitrogens with zero attached hydrogens (tertiary/aromatic N) is 1. The minimum Gasteiger partial charge on any atom is -0.377 e. The van der Waals surface area contributed by atoms with Gasteiger partial charge in [0.05, 0.1) is 12.1 Å². The molecule has 2 amide bonds. The fourth-order valence-corrected chi connectivity index (χ4v) is 4.28. The summed E-state index contributed by atoms with van der Waals surface area (Å²) in [5, 5.41) is 6.09. The molecule has 1 saturated carbocycles. The van der Waals surface area contributed by atoms with Crippen LogP contribution < -0.4 is 10.6 Å². The Labute approximate surface area is 148 Å². The molecule has 5 nitrogen and oxygen atoms in total. The number of amides is 2. The zero-order valence-corrected chi connectivity index (χ0v) is 15.4. The predicted molar refractivity (Wildman–Crippen MR) is 94.8 cm³/mol. The molecule has 4 atom stereocenters. The van der Waals surface area contributed by atoms with E-state index in [4.69, 9.17) is 4.74 Å². The number of carbonyl (C=O) groups excluding carboxylic acids is 1. The van der Waals surface area contributed by atoms with Crippen LogP contribution in [0.1, 0.15) is 31.9 Å². The summed E-state index contributed by atoms with van der Waals surface area (Å²) in [6.07, 6.45) is 1.26. The number of hydrogen-bond acceptors (Lipinski definition) is 3. The van der Waals surface area contributed by atoms with E-state index in [-0.39, 0.29) is 35.5 Å². The Morgan fingerprint density at radius 2 is 2.04 bits per heavy atom. The maximum absolute atomic E-state index is 13.1. The van der Waals surface area contributed by atoms with Gasteiger partial charge in [-0.1, -0.05) is 26.0 Å². The summed E-state index contributed by atoms with van der Waals surface area (Å²) in [7, 11) is 3.90. The van der Waals surface area contributed by atoms with Gasteiger partial charge in [-0.05, 0) is 38.2 Å². The van der Waals surface area contributed by atoms with E-state index in [0.717, 1.165) is 18.6 Å². The summed E-state index contributed by atoms with van der Waals surface area (Å²) in [5.41, 5.74) is 0.941. The van der Waals surface area contributed by atoms with Crippen LogP contribution in [-0.4, -0.2) is 50.3 Å². The van der Waals surface area contributed by atoms with Crippen molar-refractivity contribution in [2.24, 2.45) is 11.3 Å². The first kappa shape index (κ1) is 18.1. The molecule has 0 aromatic heterocycles. The van der Waals surface area contributed by atoms with E-state index in [9.17, 15) is 9.18 Å². The Bertz CT molecular complexity index is 618. The molecule has 3 rings (SSSR count). The quantitative estimate of drug-likeness (QED) is 0.859. The fraction of sp³-hybridized carbons (Fsp3) is 0.632. The maximum atomic E-state index is 13.1. The lowest BCUT2D eigenvalue weighted by molar-refractivity contribution is -0.108. The van der Waals surface area contributed by atoms with Crippen molar-refractivity contribution >= 4 is 6.03 Å². The van der Waals surface area contributed by atoms with Gasteiger partial charge in [-0.25, -0.2) is 9.18 Å².